The van der Waals surface area contributed by atoms with Crippen LogP contribution in [-0.4, -0.2) is 38.2 Å². The van der Waals surface area contributed by atoms with Crippen molar-refractivity contribution in [2.24, 2.45) is 7.05 Å². The van der Waals surface area contributed by atoms with Crippen LogP contribution in [0.15, 0.2) is 42.6 Å². The van der Waals surface area contributed by atoms with Crippen LogP contribution in [-0.2, 0) is 18.3 Å². The number of rotatable bonds is 6. The monoisotopic (exact) mass is 449 g/mol. The van der Waals surface area contributed by atoms with Gasteiger partial charge in [0.1, 0.15) is 4.88 Å². The molecule has 0 atom stereocenters. The van der Waals surface area contributed by atoms with Gasteiger partial charge in [0, 0.05) is 18.6 Å². The van der Waals surface area contributed by atoms with Gasteiger partial charge in [-0.25, -0.2) is 14.8 Å². The van der Waals surface area contributed by atoms with E-state index >= 15 is 0 Å². The predicted octanol–water partition coefficient (Wildman–Crippen LogP) is 4.07. The second-order valence-corrected chi connectivity index (χ2v) is 8.29. The molecule has 3 heterocycles. The average molecular weight is 450 g/mol. The van der Waals surface area contributed by atoms with Gasteiger partial charge in [0.25, 0.3) is 5.91 Å². The molecule has 0 saturated heterocycles. The number of amides is 1. The van der Waals surface area contributed by atoms with Gasteiger partial charge >= 0.3 is 5.97 Å². The molecule has 0 fully saturated rings. The normalized spacial score (nSPS) is 11.0. The van der Waals surface area contributed by atoms with Crippen LogP contribution >= 0.6 is 11.3 Å². The van der Waals surface area contributed by atoms with Crippen LogP contribution in [0.3, 0.4) is 0 Å². The molecule has 1 amide bonds. The number of carbonyl (C=O) groups excluding carboxylic acids is 2. The van der Waals surface area contributed by atoms with E-state index in [4.69, 9.17) is 4.74 Å². The molecule has 4 rings (SSSR count). The van der Waals surface area contributed by atoms with E-state index < -0.39 is 5.97 Å². The van der Waals surface area contributed by atoms with Crippen molar-refractivity contribution in [2.45, 2.75) is 27.3 Å². The minimum Gasteiger partial charge on any atom is -0.462 e. The fourth-order valence-electron chi connectivity index (χ4n) is 3.46. The Kier molecular flexibility index (Phi) is 6.00. The van der Waals surface area contributed by atoms with Crippen LogP contribution in [0.25, 0.3) is 11.0 Å². The van der Waals surface area contributed by atoms with Crippen molar-refractivity contribution in [1.82, 2.24) is 19.7 Å². The average Bonchev–Trinajstić information content (AvgIpc) is 3.31. The van der Waals surface area contributed by atoms with Gasteiger partial charge in [-0.3, -0.25) is 14.4 Å². The first-order valence-electron chi connectivity index (χ1n) is 10.2. The van der Waals surface area contributed by atoms with Crippen molar-refractivity contribution in [3.05, 3.63) is 70.0 Å². The van der Waals surface area contributed by atoms with Crippen molar-refractivity contribution in [3.63, 3.8) is 0 Å². The SMILES string of the molecule is CCOC(=O)c1sc(N(Cc2ccccc2)C(=O)c2cnc3c(c2)c(C)nn3C)nc1C. The summed E-state index contributed by atoms with van der Waals surface area (Å²) >= 11 is 1.15. The Bertz CT molecular complexity index is 1300. The van der Waals surface area contributed by atoms with Crippen molar-refractivity contribution in [1.29, 1.82) is 0 Å². The number of thiazole rings is 1. The molecule has 0 radical (unpaired) electrons. The minimum atomic E-state index is -0.435. The zero-order chi connectivity index (χ0) is 22.8. The van der Waals surface area contributed by atoms with Crippen molar-refractivity contribution in [3.8, 4) is 0 Å². The first-order chi connectivity index (χ1) is 15.4. The summed E-state index contributed by atoms with van der Waals surface area (Å²) in [6.45, 7) is 5.96. The lowest BCUT2D eigenvalue weighted by Gasteiger charge is -2.20. The Balaban J connectivity index is 1.76. The summed E-state index contributed by atoms with van der Waals surface area (Å²) < 4.78 is 6.83. The first-order valence-corrected chi connectivity index (χ1v) is 11.0. The predicted molar refractivity (Wildman–Crippen MR) is 123 cm³/mol. The van der Waals surface area contributed by atoms with E-state index in [-0.39, 0.29) is 12.5 Å². The van der Waals surface area contributed by atoms with Gasteiger partial charge in [-0.15, -0.1) is 0 Å². The fourth-order valence-corrected chi connectivity index (χ4v) is 4.42. The summed E-state index contributed by atoms with van der Waals surface area (Å²) in [5, 5.41) is 5.63. The zero-order valence-corrected chi connectivity index (χ0v) is 19.1. The van der Waals surface area contributed by atoms with Gasteiger partial charge in [-0.1, -0.05) is 41.7 Å². The van der Waals surface area contributed by atoms with Crippen LogP contribution in [0.5, 0.6) is 0 Å². The maximum atomic E-state index is 13.6. The summed E-state index contributed by atoms with van der Waals surface area (Å²) in [6.07, 6.45) is 1.55. The lowest BCUT2D eigenvalue weighted by molar-refractivity contribution is 0.0531. The van der Waals surface area contributed by atoms with E-state index in [1.807, 2.05) is 44.3 Å². The van der Waals surface area contributed by atoms with E-state index in [1.165, 1.54) is 0 Å². The smallest absolute Gasteiger partial charge is 0.350 e. The number of anilines is 1. The number of esters is 1. The molecule has 9 heteroatoms. The Labute approximate surface area is 189 Å². The van der Waals surface area contributed by atoms with Crippen LogP contribution in [0.2, 0.25) is 0 Å². The molecule has 4 aromatic rings. The highest BCUT2D eigenvalue weighted by molar-refractivity contribution is 7.17. The van der Waals surface area contributed by atoms with Crippen LogP contribution in [0.4, 0.5) is 5.13 Å². The molecule has 0 N–H and O–H groups in total. The maximum Gasteiger partial charge on any atom is 0.350 e. The molecule has 1 aromatic carbocycles. The van der Waals surface area contributed by atoms with E-state index in [9.17, 15) is 9.59 Å². The van der Waals surface area contributed by atoms with Gasteiger partial charge in [0.15, 0.2) is 10.8 Å². The van der Waals surface area contributed by atoms with E-state index in [0.717, 1.165) is 28.0 Å². The Hall–Kier alpha value is -3.59. The molecule has 0 bridgehead atoms. The minimum absolute atomic E-state index is 0.254. The third kappa shape index (κ3) is 4.11. The molecular formula is C23H23N5O3S. The molecule has 0 unspecified atom stereocenters. The lowest BCUT2D eigenvalue weighted by Crippen LogP contribution is -2.30. The third-order valence-electron chi connectivity index (χ3n) is 5.02. The van der Waals surface area contributed by atoms with Crippen LogP contribution in [0.1, 0.15) is 43.9 Å². The zero-order valence-electron chi connectivity index (χ0n) is 18.3. The number of hydrogen-bond donors (Lipinski definition) is 0. The number of hydrogen-bond acceptors (Lipinski definition) is 7. The first kappa shape index (κ1) is 21.6. The highest BCUT2D eigenvalue weighted by Gasteiger charge is 2.26. The van der Waals surface area contributed by atoms with Crippen LogP contribution < -0.4 is 4.90 Å². The number of benzene rings is 1. The van der Waals surface area contributed by atoms with E-state index in [1.54, 1.807) is 35.7 Å². The van der Waals surface area contributed by atoms with Gasteiger partial charge < -0.3 is 4.74 Å². The summed E-state index contributed by atoms with van der Waals surface area (Å²) in [6, 6.07) is 11.5. The molecule has 0 spiro atoms. The molecule has 0 saturated carbocycles. The van der Waals surface area contributed by atoms with Gasteiger partial charge in [-0.05, 0) is 32.4 Å². The van der Waals surface area contributed by atoms with Crippen molar-refractivity contribution in [2.75, 3.05) is 11.5 Å². The standard InChI is InChI=1S/C23H23N5O3S/c1-5-31-22(30)19-15(3)25-23(32-19)28(13-16-9-7-6-8-10-16)21(29)17-11-18-14(2)26-27(4)20(18)24-12-17/h6-12H,5,13H2,1-4H3. The molecule has 0 aliphatic carbocycles. The summed E-state index contributed by atoms with van der Waals surface area (Å²) in [5.41, 5.74) is 3.41. The number of aryl methyl sites for hydroxylation is 3. The summed E-state index contributed by atoms with van der Waals surface area (Å²) in [5.74, 6) is -0.689. The fraction of sp³-hybridized carbons (Fsp3) is 0.261. The Morgan fingerprint density at radius 2 is 1.91 bits per heavy atom. The second kappa shape index (κ2) is 8.88. The molecule has 164 valence electrons. The molecule has 0 aliphatic rings. The van der Waals surface area contributed by atoms with Gasteiger partial charge in [0.2, 0.25) is 0 Å². The van der Waals surface area contributed by atoms with Crippen LogP contribution in [0, 0.1) is 13.8 Å². The maximum absolute atomic E-state index is 13.6. The summed E-state index contributed by atoms with van der Waals surface area (Å²) in [4.78, 5) is 36.9. The number of fused-ring (bicyclic) bond motifs is 1. The summed E-state index contributed by atoms with van der Waals surface area (Å²) in [7, 11) is 1.82. The number of pyridine rings is 1. The largest absolute Gasteiger partial charge is 0.462 e. The lowest BCUT2D eigenvalue weighted by atomic mass is 10.1. The molecule has 0 aliphatic heterocycles. The van der Waals surface area contributed by atoms with Crippen molar-refractivity contribution >= 4 is 39.4 Å². The number of ether oxygens (including phenoxy) is 1. The Morgan fingerprint density at radius 1 is 1.16 bits per heavy atom. The number of carbonyl (C=O) groups is 2. The third-order valence-corrected chi connectivity index (χ3v) is 6.18. The van der Waals surface area contributed by atoms with Gasteiger partial charge in [-0.2, -0.15) is 5.10 Å². The van der Waals surface area contributed by atoms with Gasteiger partial charge in [0.05, 0.1) is 30.1 Å². The van der Waals surface area contributed by atoms with Crippen molar-refractivity contribution < 1.29 is 14.3 Å². The molecule has 32 heavy (non-hydrogen) atoms. The van der Waals surface area contributed by atoms with E-state index in [0.29, 0.717) is 33.5 Å². The Morgan fingerprint density at radius 3 is 2.62 bits per heavy atom. The number of aromatic nitrogens is 4. The molecule has 3 aromatic heterocycles. The topological polar surface area (TPSA) is 90.2 Å². The second-order valence-electron chi connectivity index (χ2n) is 7.31. The quantitative estimate of drug-likeness (QED) is 0.412. The van der Waals surface area contributed by atoms with E-state index in [2.05, 4.69) is 15.1 Å². The number of nitrogens with zero attached hydrogens (tertiary/aromatic N) is 5. The highest BCUT2D eigenvalue weighted by Crippen LogP contribution is 2.30. The highest BCUT2D eigenvalue weighted by atomic mass is 32.1. The molecule has 8 nitrogen and oxygen atoms in total. The molecular weight excluding hydrogens is 426 g/mol.